The average molecular weight is 483 g/mol. The number of ketones is 1. The Morgan fingerprint density at radius 1 is 0.886 bits per heavy atom. The molecule has 0 bridgehead atoms. The topological polar surface area (TPSA) is 43.4 Å². The van der Waals surface area contributed by atoms with E-state index in [-0.39, 0.29) is 27.6 Å². The second-order valence-corrected chi connectivity index (χ2v) is 15.0. The predicted octanol–water partition coefficient (Wildman–Crippen LogP) is 7.78. The molecule has 0 aromatic carbocycles. The summed E-state index contributed by atoms with van der Waals surface area (Å²) >= 11 is 0. The standard InChI is InChI=1S/C32H50O3/c1-20(2)22-11-16-32(19-35-21(3)33)18-17-30(7)23(27(22)32)9-10-25-29(6)14-13-26(34)28(4,5)24(29)12-15-31(25,30)8/h22-25,27H,1,9-19H2,2-8H3/t22?,23?,24?,25?,27?,29-,30+,31+,32+/m0/s1. The Morgan fingerprint density at radius 2 is 1.60 bits per heavy atom. The van der Waals surface area contributed by atoms with Crippen LogP contribution in [0.5, 0.6) is 0 Å². The lowest BCUT2D eigenvalue weighted by Gasteiger charge is -2.72. The average Bonchev–Trinajstić information content (AvgIpc) is 3.16. The van der Waals surface area contributed by atoms with Gasteiger partial charge in [-0.3, -0.25) is 9.59 Å². The van der Waals surface area contributed by atoms with Crippen LogP contribution in [-0.4, -0.2) is 18.4 Å². The van der Waals surface area contributed by atoms with E-state index < -0.39 is 0 Å². The molecule has 0 aromatic heterocycles. The molecule has 196 valence electrons. The maximum absolute atomic E-state index is 13.0. The van der Waals surface area contributed by atoms with Crippen LogP contribution in [0, 0.1) is 56.7 Å². The molecule has 0 amide bonds. The van der Waals surface area contributed by atoms with Crippen molar-refractivity contribution < 1.29 is 14.3 Å². The molecule has 0 saturated heterocycles. The van der Waals surface area contributed by atoms with E-state index in [9.17, 15) is 9.59 Å². The SMILES string of the molecule is C=C(C)C1CC[C@]2(COC(C)=O)CC[C@]3(C)C(CCC4[C@@]5(C)CCC(=O)C(C)(C)C5CC[C@]43C)C12. The smallest absolute Gasteiger partial charge is 0.302 e. The van der Waals surface area contributed by atoms with E-state index in [1.165, 1.54) is 56.9 Å². The molecule has 3 heteroatoms. The third kappa shape index (κ3) is 3.27. The van der Waals surface area contributed by atoms with Crippen LogP contribution in [0.1, 0.15) is 113 Å². The van der Waals surface area contributed by atoms with Crippen LogP contribution in [-0.2, 0) is 14.3 Å². The summed E-state index contributed by atoms with van der Waals surface area (Å²) in [6.45, 7) is 21.2. The largest absolute Gasteiger partial charge is 0.465 e. The fraction of sp³-hybridized carbons (Fsp3) is 0.875. The van der Waals surface area contributed by atoms with Crippen LogP contribution in [0.25, 0.3) is 0 Å². The monoisotopic (exact) mass is 482 g/mol. The molecular formula is C32H50O3. The maximum Gasteiger partial charge on any atom is 0.302 e. The van der Waals surface area contributed by atoms with E-state index in [0.717, 1.165) is 12.8 Å². The minimum absolute atomic E-state index is 0.128. The summed E-state index contributed by atoms with van der Waals surface area (Å²) in [7, 11) is 0. The number of carbonyl (C=O) groups is 2. The summed E-state index contributed by atoms with van der Waals surface area (Å²) in [5, 5.41) is 0. The number of hydrogen-bond donors (Lipinski definition) is 0. The number of Topliss-reactive ketones (excluding diaryl/α,β-unsaturated/α-hetero) is 1. The summed E-state index contributed by atoms with van der Waals surface area (Å²) in [6, 6.07) is 0. The molecular weight excluding hydrogens is 432 g/mol. The van der Waals surface area contributed by atoms with Gasteiger partial charge in [-0.05, 0) is 111 Å². The molecule has 35 heavy (non-hydrogen) atoms. The number of esters is 1. The molecule has 0 spiro atoms. The molecule has 5 aliphatic carbocycles. The first-order valence-corrected chi connectivity index (χ1v) is 14.5. The number of hydrogen-bond acceptors (Lipinski definition) is 3. The van der Waals surface area contributed by atoms with Crippen molar-refractivity contribution in [2.24, 2.45) is 56.7 Å². The van der Waals surface area contributed by atoms with Crippen LogP contribution in [0.3, 0.4) is 0 Å². The number of carbonyl (C=O) groups excluding carboxylic acids is 2. The number of ether oxygens (including phenoxy) is 1. The highest BCUT2D eigenvalue weighted by atomic mass is 16.5. The highest BCUT2D eigenvalue weighted by molar-refractivity contribution is 5.85. The quantitative estimate of drug-likeness (QED) is 0.305. The van der Waals surface area contributed by atoms with Crippen molar-refractivity contribution in [2.45, 2.75) is 113 Å². The molecule has 9 atom stereocenters. The molecule has 0 N–H and O–H groups in total. The van der Waals surface area contributed by atoms with Gasteiger partial charge in [0.2, 0.25) is 0 Å². The van der Waals surface area contributed by atoms with Gasteiger partial charge in [-0.25, -0.2) is 0 Å². The predicted molar refractivity (Wildman–Crippen MR) is 141 cm³/mol. The zero-order valence-electron chi connectivity index (χ0n) is 23.6. The van der Waals surface area contributed by atoms with Crippen LogP contribution < -0.4 is 0 Å². The van der Waals surface area contributed by atoms with E-state index in [4.69, 9.17) is 4.74 Å². The third-order valence-electron chi connectivity index (χ3n) is 13.5. The fourth-order valence-electron chi connectivity index (χ4n) is 11.6. The summed E-state index contributed by atoms with van der Waals surface area (Å²) in [5.74, 6) is 3.34. The normalized spacial score (nSPS) is 50.4. The Bertz CT molecular complexity index is 933. The lowest BCUT2D eigenvalue weighted by molar-refractivity contribution is -0.237. The summed E-state index contributed by atoms with van der Waals surface area (Å²) in [4.78, 5) is 24.8. The molecule has 5 rings (SSSR count). The number of fused-ring (bicyclic) bond motifs is 7. The Labute approximate surface area is 214 Å². The van der Waals surface area contributed by atoms with Gasteiger partial charge < -0.3 is 4.74 Å². The maximum atomic E-state index is 13.0. The zero-order valence-corrected chi connectivity index (χ0v) is 23.6. The van der Waals surface area contributed by atoms with Crippen LogP contribution in [0.15, 0.2) is 12.2 Å². The molecule has 5 saturated carbocycles. The van der Waals surface area contributed by atoms with E-state index in [2.05, 4.69) is 48.1 Å². The highest BCUT2D eigenvalue weighted by Crippen LogP contribution is 2.77. The van der Waals surface area contributed by atoms with Crippen LogP contribution in [0.2, 0.25) is 0 Å². The van der Waals surface area contributed by atoms with Gasteiger partial charge in [0.05, 0.1) is 6.61 Å². The summed E-state index contributed by atoms with van der Waals surface area (Å²) < 4.78 is 5.78. The van der Waals surface area contributed by atoms with E-state index in [1.807, 2.05) is 0 Å². The fourth-order valence-corrected chi connectivity index (χ4v) is 11.6. The molecule has 5 unspecified atom stereocenters. The molecule has 5 fully saturated rings. The first-order valence-electron chi connectivity index (χ1n) is 14.5. The van der Waals surface area contributed by atoms with E-state index in [1.54, 1.807) is 6.92 Å². The Hall–Kier alpha value is -1.12. The number of rotatable bonds is 3. The van der Waals surface area contributed by atoms with Gasteiger partial charge >= 0.3 is 5.97 Å². The molecule has 0 radical (unpaired) electrons. The second-order valence-electron chi connectivity index (χ2n) is 15.0. The van der Waals surface area contributed by atoms with E-state index in [0.29, 0.717) is 47.4 Å². The van der Waals surface area contributed by atoms with Crippen molar-refractivity contribution in [3.8, 4) is 0 Å². The van der Waals surface area contributed by atoms with Gasteiger partial charge in [0.15, 0.2) is 0 Å². The Balaban J connectivity index is 1.53. The lowest BCUT2D eigenvalue weighted by atomic mass is 9.32. The molecule has 0 heterocycles. The molecule has 5 aliphatic rings. The van der Waals surface area contributed by atoms with Crippen molar-refractivity contribution in [3.63, 3.8) is 0 Å². The van der Waals surface area contributed by atoms with Gasteiger partial charge in [0, 0.05) is 24.2 Å². The van der Waals surface area contributed by atoms with Gasteiger partial charge in [0.25, 0.3) is 0 Å². The Kier molecular flexibility index (Phi) is 5.79. The molecule has 0 aliphatic heterocycles. The van der Waals surface area contributed by atoms with Gasteiger partial charge in [-0.1, -0.05) is 46.8 Å². The van der Waals surface area contributed by atoms with Gasteiger partial charge in [0.1, 0.15) is 5.78 Å². The minimum atomic E-state index is -0.186. The van der Waals surface area contributed by atoms with E-state index >= 15 is 0 Å². The summed E-state index contributed by atoms with van der Waals surface area (Å²) in [5.41, 5.74) is 2.12. The van der Waals surface area contributed by atoms with Crippen molar-refractivity contribution >= 4 is 11.8 Å². The van der Waals surface area contributed by atoms with Gasteiger partial charge in [-0.15, -0.1) is 0 Å². The van der Waals surface area contributed by atoms with Crippen LogP contribution >= 0.6 is 0 Å². The van der Waals surface area contributed by atoms with Crippen molar-refractivity contribution in [3.05, 3.63) is 12.2 Å². The van der Waals surface area contributed by atoms with Crippen LogP contribution in [0.4, 0.5) is 0 Å². The van der Waals surface area contributed by atoms with Crippen molar-refractivity contribution in [2.75, 3.05) is 6.61 Å². The Morgan fingerprint density at radius 3 is 2.26 bits per heavy atom. The zero-order chi connectivity index (χ0) is 25.6. The minimum Gasteiger partial charge on any atom is -0.465 e. The highest BCUT2D eigenvalue weighted by Gasteiger charge is 2.71. The van der Waals surface area contributed by atoms with Gasteiger partial charge in [-0.2, -0.15) is 0 Å². The third-order valence-corrected chi connectivity index (χ3v) is 13.5. The number of allylic oxidation sites excluding steroid dienone is 1. The van der Waals surface area contributed by atoms with Crippen molar-refractivity contribution in [1.29, 1.82) is 0 Å². The first kappa shape index (κ1) is 25.5. The second kappa shape index (κ2) is 7.94. The van der Waals surface area contributed by atoms with Crippen molar-refractivity contribution in [1.82, 2.24) is 0 Å². The lowest BCUT2D eigenvalue weighted by Crippen LogP contribution is -2.66. The molecule has 0 aromatic rings. The molecule has 3 nitrogen and oxygen atoms in total. The summed E-state index contributed by atoms with van der Waals surface area (Å²) in [6.07, 6.45) is 11.6. The first-order chi connectivity index (χ1) is 16.2.